The molecule has 0 fully saturated rings. The fraction of sp³-hybridized carbons (Fsp3) is 0. The van der Waals surface area contributed by atoms with Crippen molar-refractivity contribution in [3.05, 3.63) is 96.0 Å². The van der Waals surface area contributed by atoms with E-state index >= 15 is 0 Å². The van der Waals surface area contributed by atoms with Crippen molar-refractivity contribution in [2.24, 2.45) is 0 Å². The van der Waals surface area contributed by atoms with Gasteiger partial charge >= 0.3 is 0 Å². The number of anilines is 2. The molecule has 138 valence electrons. The maximum Gasteiger partial charge on any atom is 0.131 e. The van der Waals surface area contributed by atoms with Crippen LogP contribution >= 0.6 is 11.6 Å². The van der Waals surface area contributed by atoms with Crippen molar-refractivity contribution in [2.45, 2.75) is 0 Å². The van der Waals surface area contributed by atoms with Gasteiger partial charge in [0.05, 0.1) is 0 Å². The van der Waals surface area contributed by atoms with E-state index in [0.717, 1.165) is 33.0 Å². The molecule has 4 aromatic carbocycles. The maximum absolute atomic E-state index is 5.96. The zero-order valence-electron chi connectivity index (χ0n) is 15.1. The van der Waals surface area contributed by atoms with E-state index in [1.807, 2.05) is 48.5 Å². The van der Waals surface area contributed by atoms with E-state index < -0.39 is 0 Å². The summed E-state index contributed by atoms with van der Waals surface area (Å²) in [7, 11) is 0. The zero-order valence-corrected chi connectivity index (χ0v) is 15.9. The third kappa shape index (κ3) is 4.11. The van der Waals surface area contributed by atoms with Gasteiger partial charge in [-0.2, -0.15) is 0 Å². The number of ether oxygens (including phenoxy) is 1. The van der Waals surface area contributed by atoms with Gasteiger partial charge < -0.3 is 16.2 Å². The Morgan fingerprint density at radius 3 is 1.36 bits per heavy atom. The molecule has 0 bridgehead atoms. The van der Waals surface area contributed by atoms with E-state index in [-0.39, 0.29) is 0 Å². The molecule has 0 spiro atoms. The molecule has 0 heterocycles. The van der Waals surface area contributed by atoms with Gasteiger partial charge in [-0.3, -0.25) is 0 Å². The first-order chi connectivity index (χ1) is 13.6. The molecule has 4 heteroatoms. The average Bonchev–Trinajstić information content (AvgIpc) is 2.69. The first-order valence-corrected chi connectivity index (χ1v) is 9.25. The van der Waals surface area contributed by atoms with Gasteiger partial charge in [0, 0.05) is 28.5 Å². The minimum Gasteiger partial charge on any atom is -0.457 e. The summed E-state index contributed by atoms with van der Waals surface area (Å²) >= 11 is 5.96. The molecule has 0 unspecified atom stereocenters. The minimum absolute atomic E-state index is 0.576. The average molecular weight is 387 g/mol. The normalized spacial score (nSPS) is 10.6. The third-order valence-corrected chi connectivity index (χ3v) is 4.69. The zero-order chi connectivity index (χ0) is 19.5. The molecule has 0 aromatic heterocycles. The van der Waals surface area contributed by atoms with Gasteiger partial charge in [0.15, 0.2) is 0 Å². The summed E-state index contributed by atoms with van der Waals surface area (Å²) in [5.74, 6) is 1.35. The summed E-state index contributed by atoms with van der Waals surface area (Å²) in [6.45, 7) is 0. The lowest BCUT2D eigenvalue weighted by Gasteiger charge is -2.09. The van der Waals surface area contributed by atoms with Crippen LogP contribution in [0.4, 0.5) is 11.4 Å². The Labute approximate surface area is 169 Å². The van der Waals surface area contributed by atoms with Crippen LogP contribution in [0.1, 0.15) is 0 Å². The lowest BCUT2D eigenvalue weighted by molar-refractivity contribution is 0.483. The van der Waals surface area contributed by atoms with Crippen molar-refractivity contribution < 1.29 is 4.74 Å². The van der Waals surface area contributed by atoms with Crippen LogP contribution in [0.2, 0.25) is 5.02 Å². The standard InChI is InChI=1S/C24H19ClN2O/c25-20-9-5-18(6-10-20)16-1-3-17(4-2-16)19-7-11-23(12-8-19)28-24-14-21(26)13-22(27)15-24/h1-15H,26-27H2. The monoisotopic (exact) mass is 386 g/mol. The molecule has 0 saturated heterocycles. The van der Waals surface area contributed by atoms with Gasteiger partial charge in [-0.25, -0.2) is 0 Å². The summed E-state index contributed by atoms with van der Waals surface area (Å²) in [4.78, 5) is 0. The van der Waals surface area contributed by atoms with Crippen LogP contribution in [0, 0.1) is 0 Å². The maximum atomic E-state index is 5.96. The van der Waals surface area contributed by atoms with Gasteiger partial charge in [-0.05, 0) is 52.6 Å². The predicted octanol–water partition coefficient (Wildman–Crippen LogP) is 6.63. The number of nitrogen functional groups attached to an aromatic ring is 2. The van der Waals surface area contributed by atoms with E-state index in [0.29, 0.717) is 17.1 Å². The molecule has 0 aliphatic rings. The number of halogens is 1. The number of benzene rings is 4. The Morgan fingerprint density at radius 1 is 0.500 bits per heavy atom. The quantitative estimate of drug-likeness (QED) is 0.387. The van der Waals surface area contributed by atoms with Crippen molar-refractivity contribution in [2.75, 3.05) is 11.5 Å². The second kappa shape index (κ2) is 7.67. The first kappa shape index (κ1) is 18.0. The van der Waals surface area contributed by atoms with Crippen LogP contribution in [0.15, 0.2) is 91.0 Å². The molecule has 0 amide bonds. The molecule has 4 rings (SSSR count). The summed E-state index contributed by atoms with van der Waals surface area (Å²) < 4.78 is 5.85. The Balaban J connectivity index is 1.51. The number of hydrogen-bond acceptors (Lipinski definition) is 3. The van der Waals surface area contributed by atoms with Gasteiger partial charge in [0.1, 0.15) is 11.5 Å². The minimum atomic E-state index is 0.576. The van der Waals surface area contributed by atoms with Gasteiger partial charge in [-0.1, -0.05) is 60.1 Å². The van der Waals surface area contributed by atoms with Crippen LogP contribution < -0.4 is 16.2 Å². The SMILES string of the molecule is Nc1cc(N)cc(Oc2ccc(-c3ccc(-c4ccc(Cl)cc4)cc3)cc2)c1. The third-order valence-electron chi connectivity index (χ3n) is 4.44. The highest BCUT2D eigenvalue weighted by molar-refractivity contribution is 6.30. The Hall–Kier alpha value is -3.43. The first-order valence-electron chi connectivity index (χ1n) is 8.87. The fourth-order valence-electron chi connectivity index (χ4n) is 3.05. The number of rotatable bonds is 4. The largest absolute Gasteiger partial charge is 0.457 e. The molecule has 0 saturated carbocycles. The summed E-state index contributed by atoms with van der Waals surface area (Å²) in [6.07, 6.45) is 0. The van der Waals surface area contributed by atoms with Crippen molar-refractivity contribution in [1.29, 1.82) is 0 Å². The van der Waals surface area contributed by atoms with E-state index in [2.05, 4.69) is 24.3 Å². The smallest absolute Gasteiger partial charge is 0.131 e. The Bertz CT molecular complexity index is 1070. The van der Waals surface area contributed by atoms with E-state index in [4.69, 9.17) is 27.8 Å². The van der Waals surface area contributed by atoms with Crippen LogP contribution in [0.3, 0.4) is 0 Å². The molecule has 28 heavy (non-hydrogen) atoms. The number of nitrogens with two attached hydrogens (primary N) is 2. The van der Waals surface area contributed by atoms with Crippen LogP contribution in [-0.2, 0) is 0 Å². The molecular weight excluding hydrogens is 368 g/mol. The molecule has 4 aromatic rings. The Kier molecular flexibility index (Phi) is 4.92. The summed E-state index contributed by atoms with van der Waals surface area (Å²) in [5, 5.41) is 0.739. The van der Waals surface area contributed by atoms with Gasteiger partial charge in [0.25, 0.3) is 0 Å². The molecule has 0 aliphatic heterocycles. The van der Waals surface area contributed by atoms with E-state index in [9.17, 15) is 0 Å². The topological polar surface area (TPSA) is 61.3 Å². The second-order valence-corrected chi connectivity index (χ2v) is 6.98. The molecule has 0 radical (unpaired) electrons. The molecule has 4 N–H and O–H groups in total. The summed E-state index contributed by atoms with van der Waals surface area (Å²) in [6, 6.07) is 29.4. The van der Waals surface area contributed by atoms with Crippen molar-refractivity contribution >= 4 is 23.0 Å². The molecule has 0 atom stereocenters. The lowest BCUT2D eigenvalue weighted by atomic mass is 10.0. The molecule has 3 nitrogen and oxygen atoms in total. The number of hydrogen-bond donors (Lipinski definition) is 2. The van der Waals surface area contributed by atoms with Gasteiger partial charge in [0.2, 0.25) is 0 Å². The predicted molar refractivity (Wildman–Crippen MR) is 118 cm³/mol. The summed E-state index contributed by atoms with van der Waals surface area (Å²) in [5.41, 5.74) is 17.3. The highest BCUT2D eigenvalue weighted by Crippen LogP contribution is 2.30. The van der Waals surface area contributed by atoms with Gasteiger partial charge in [-0.15, -0.1) is 0 Å². The lowest BCUT2D eigenvalue weighted by Crippen LogP contribution is -1.92. The van der Waals surface area contributed by atoms with Crippen molar-refractivity contribution in [3.63, 3.8) is 0 Å². The van der Waals surface area contributed by atoms with Crippen molar-refractivity contribution in [1.82, 2.24) is 0 Å². The van der Waals surface area contributed by atoms with Crippen LogP contribution in [-0.4, -0.2) is 0 Å². The molecular formula is C24H19ClN2O. The molecule has 0 aliphatic carbocycles. The van der Waals surface area contributed by atoms with E-state index in [1.165, 1.54) is 0 Å². The highest BCUT2D eigenvalue weighted by Gasteiger charge is 2.03. The van der Waals surface area contributed by atoms with Crippen molar-refractivity contribution in [3.8, 4) is 33.8 Å². The second-order valence-electron chi connectivity index (χ2n) is 6.55. The Morgan fingerprint density at radius 2 is 0.893 bits per heavy atom. The van der Waals surface area contributed by atoms with E-state index in [1.54, 1.807) is 18.2 Å². The fourth-order valence-corrected chi connectivity index (χ4v) is 3.18. The van der Waals surface area contributed by atoms with Crippen LogP contribution in [0.25, 0.3) is 22.3 Å². The van der Waals surface area contributed by atoms with Crippen LogP contribution in [0.5, 0.6) is 11.5 Å². The highest BCUT2D eigenvalue weighted by atomic mass is 35.5.